The van der Waals surface area contributed by atoms with Crippen LogP contribution in [0.5, 0.6) is 0 Å². The highest BCUT2D eigenvalue weighted by Gasteiger charge is 2.20. The van der Waals surface area contributed by atoms with Crippen molar-refractivity contribution in [2.75, 3.05) is 39.8 Å². The summed E-state index contributed by atoms with van der Waals surface area (Å²) in [5.41, 5.74) is 4.00. The normalized spacial score (nSPS) is 19.0. The number of fused-ring (bicyclic) bond motifs is 1. The van der Waals surface area contributed by atoms with Crippen molar-refractivity contribution in [3.05, 3.63) is 59.2 Å². The van der Waals surface area contributed by atoms with Crippen molar-refractivity contribution in [1.82, 2.24) is 25.1 Å². The first kappa shape index (κ1) is 21.9. The third-order valence-corrected chi connectivity index (χ3v) is 6.47. The van der Waals surface area contributed by atoms with E-state index in [9.17, 15) is 9.90 Å². The molecule has 31 heavy (non-hydrogen) atoms. The van der Waals surface area contributed by atoms with E-state index in [1.54, 1.807) is 6.07 Å². The highest BCUT2D eigenvalue weighted by atomic mass is 16.3. The summed E-state index contributed by atoms with van der Waals surface area (Å²) in [5.74, 6) is 0.355. The molecule has 0 bridgehead atoms. The second-order valence-corrected chi connectivity index (χ2v) is 8.96. The van der Waals surface area contributed by atoms with Gasteiger partial charge in [0.15, 0.2) is 0 Å². The molecular formula is C24H33N5O2. The molecule has 3 heterocycles. The number of rotatable bonds is 7. The fourth-order valence-electron chi connectivity index (χ4n) is 4.57. The lowest BCUT2D eigenvalue weighted by molar-refractivity contribution is 0.0837. The van der Waals surface area contributed by atoms with Gasteiger partial charge in [-0.2, -0.15) is 0 Å². The minimum absolute atomic E-state index is 0.214. The number of hydrogen-bond donors (Lipinski definition) is 2. The van der Waals surface area contributed by atoms with Crippen molar-refractivity contribution in [2.45, 2.75) is 38.3 Å². The highest BCUT2D eigenvalue weighted by molar-refractivity contribution is 5.92. The van der Waals surface area contributed by atoms with E-state index in [1.807, 2.05) is 0 Å². The number of piperidine rings is 1. The van der Waals surface area contributed by atoms with Crippen molar-refractivity contribution >= 4 is 5.91 Å². The maximum Gasteiger partial charge on any atom is 0.270 e. The summed E-state index contributed by atoms with van der Waals surface area (Å²) in [7, 11) is 2.15. The smallest absolute Gasteiger partial charge is 0.270 e. The van der Waals surface area contributed by atoms with E-state index < -0.39 is 6.10 Å². The molecule has 166 valence electrons. The number of aliphatic hydroxyl groups is 1. The predicted molar refractivity (Wildman–Crippen MR) is 120 cm³/mol. The van der Waals surface area contributed by atoms with E-state index in [1.165, 1.54) is 17.5 Å². The van der Waals surface area contributed by atoms with Crippen LogP contribution in [-0.2, 0) is 19.4 Å². The first-order valence-electron chi connectivity index (χ1n) is 11.3. The van der Waals surface area contributed by atoms with E-state index in [4.69, 9.17) is 0 Å². The molecule has 7 heteroatoms. The molecule has 2 aliphatic rings. The summed E-state index contributed by atoms with van der Waals surface area (Å²) in [6.07, 6.45) is 5.06. The summed E-state index contributed by atoms with van der Waals surface area (Å²) < 4.78 is 0. The maximum atomic E-state index is 12.6. The fourth-order valence-corrected chi connectivity index (χ4v) is 4.57. The van der Waals surface area contributed by atoms with Crippen LogP contribution in [0.3, 0.4) is 0 Å². The third-order valence-electron chi connectivity index (χ3n) is 6.47. The predicted octanol–water partition coefficient (Wildman–Crippen LogP) is 1.51. The molecule has 0 unspecified atom stereocenters. The average molecular weight is 424 g/mol. The van der Waals surface area contributed by atoms with Gasteiger partial charge in [0.25, 0.3) is 5.91 Å². The largest absolute Gasteiger partial charge is 0.390 e. The van der Waals surface area contributed by atoms with Gasteiger partial charge in [0, 0.05) is 31.9 Å². The maximum absolute atomic E-state index is 12.6. The molecule has 2 aliphatic heterocycles. The zero-order valence-corrected chi connectivity index (χ0v) is 18.3. The monoisotopic (exact) mass is 423 g/mol. The number of hydrogen-bond acceptors (Lipinski definition) is 6. The second-order valence-electron chi connectivity index (χ2n) is 8.96. The second kappa shape index (κ2) is 10.3. The summed E-state index contributed by atoms with van der Waals surface area (Å²) in [4.78, 5) is 25.7. The van der Waals surface area contributed by atoms with Crippen LogP contribution in [0.15, 0.2) is 36.7 Å². The number of carbonyl (C=O) groups is 1. The lowest BCUT2D eigenvalue weighted by atomic mass is 9.92. The van der Waals surface area contributed by atoms with Crippen LogP contribution >= 0.6 is 0 Å². The van der Waals surface area contributed by atoms with Gasteiger partial charge in [-0.25, -0.2) is 9.97 Å². The number of likely N-dealkylation sites (tertiary alicyclic amines) is 1. The molecule has 1 atom stereocenters. The van der Waals surface area contributed by atoms with Gasteiger partial charge in [-0.15, -0.1) is 0 Å². The van der Waals surface area contributed by atoms with Crippen molar-refractivity contribution < 1.29 is 9.90 Å². The number of aliphatic hydroxyl groups excluding tert-OH is 1. The molecule has 1 fully saturated rings. The van der Waals surface area contributed by atoms with E-state index >= 15 is 0 Å². The van der Waals surface area contributed by atoms with Gasteiger partial charge in [0.05, 0.1) is 6.10 Å². The summed E-state index contributed by atoms with van der Waals surface area (Å²) >= 11 is 0. The Labute approximate surface area is 184 Å². The molecule has 4 rings (SSSR count). The van der Waals surface area contributed by atoms with E-state index in [-0.39, 0.29) is 12.5 Å². The number of aromatic nitrogens is 2. The number of nitrogens with one attached hydrogen (secondary N) is 1. The third kappa shape index (κ3) is 6.09. The van der Waals surface area contributed by atoms with Crippen molar-refractivity contribution in [2.24, 2.45) is 5.92 Å². The van der Waals surface area contributed by atoms with Crippen molar-refractivity contribution in [3.8, 4) is 0 Å². The summed E-state index contributed by atoms with van der Waals surface area (Å²) in [6.45, 7) is 4.75. The first-order valence-corrected chi connectivity index (χ1v) is 11.3. The average Bonchev–Trinajstić information content (AvgIpc) is 2.79. The molecule has 1 aromatic carbocycles. The van der Waals surface area contributed by atoms with Crippen LogP contribution in [-0.4, -0.2) is 76.7 Å². The van der Waals surface area contributed by atoms with Crippen LogP contribution in [0.4, 0.5) is 0 Å². The van der Waals surface area contributed by atoms with Gasteiger partial charge in [0.2, 0.25) is 0 Å². The highest BCUT2D eigenvalue weighted by Crippen LogP contribution is 2.20. The molecule has 0 saturated carbocycles. The number of carbonyl (C=O) groups excluding carboxylic acids is 1. The van der Waals surface area contributed by atoms with Gasteiger partial charge >= 0.3 is 0 Å². The number of β-amino-alcohol motifs (C(OH)–C–C–N with tert-alkyl or cyclic N) is 1. The first-order chi connectivity index (χ1) is 15.1. The van der Waals surface area contributed by atoms with Crippen LogP contribution in [0.1, 0.15) is 40.2 Å². The van der Waals surface area contributed by atoms with E-state index in [0.717, 1.165) is 57.6 Å². The van der Waals surface area contributed by atoms with Gasteiger partial charge in [0.1, 0.15) is 12.0 Å². The molecular weight excluding hydrogens is 390 g/mol. The van der Waals surface area contributed by atoms with Gasteiger partial charge < -0.3 is 15.3 Å². The van der Waals surface area contributed by atoms with Crippen LogP contribution in [0.25, 0.3) is 0 Å². The molecule has 2 N–H and O–H groups in total. The number of amides is 1. The van der Waals surface area contributed by atoms with E-state index in [0.29, 0.717) is 18.2 Å². The zero-order valence-electron chi connectivity index (χ0n) is 18.3. The van der Waals surface area contributed by atoms with E-state index in [2.05, 4.69) is 56.4 Å². The number of benzene rings is 1. The molecule has 1 amide bonds. The van der Waals surface area contributed by atoms with Gasteiger partial charge in [-0.1, -0.05) is 24.3 Å². The van der Waals surface area contributed by atoms with Crippen LogP contribution < -0.4 is 5.32 Å². The lowest BCUT2D eigenvalue weighted by Crippen LogP contribution is -2.42. The van der Waals surface area contributed by atoms with Crippen molar-refractivity contribution in [1.29, 1.82) is 0 Å². The molecule has 0 spiro atoms. The summed E-state index contributed by atoms with van der Waals surface area (Å²) in [5, 5.41) is 13.3. The van der Waals surface area contributed by atoms with Crippen LogP contribution in [0, 0.1) is 5.92 Å². The Balaban J connectivity index is 1.24. The van der Waals surface area contributed by atoms with Gasteiger partial charge in [-0.3, -0.25) is 9.69 Å². The Bertz CT molecular complexity index is 882. The standard InChI is InChI=1S/C24H33N5O2/c1-28-9-6-18(7-10-28)12-21-13-23(27-17-26-21)24(31)25-14-22(30)16-29-11-8-19-4-2-3-5-20(19)15-29/h2-5,13,17-18,22,30H,6-12,14-16H2,1H3,(H,25,31)/t22-/m0/s1. The molecule has 7 nitrogen and oxygen atoms in total. The molecule has 1 aromatic heterocycles. The van der Waals surface area contributed by atoms with Gasteiger partial charge in [-0.05, 0) is 68.9 Å². The Kier molecular flexibility index (Phi) is 7.27. The fraction of sp³-hybridized carbons (Fsp3) is 0.542. The minimum atomic E-state index is -0.616. The molecule has 1 saturated heterocycles. The van der Waals surface area contributed by atoms with Crippen LogP contribution in [0.2, 0.25) is 0 Å². The Morgan fingerprint density at radius 1 is 1.19 bits per heavy atom. The SMILES string of the molecule is CN1CCC(Cc2cc(C(=O)NC[C@H](O)CN3CCc4ccccc4C3)ncn2)CC1. The quantitative estimate of drug-likeness (QED) is 0.703. The topological polar surface area (TPSA) is 81.6 Å². The Morgan fingerprint density at radius 3 is 2.77 bits per heavy atom. The Morgan fingerprint density at radius 2 is 1.97 bits per heavy atom. The summed E-state index contributed by atoms with van der Waals surface area (Å²) in [6, 6.07) is 10.2. The zero-order chi connectivity index (χ0) is 21.6. The molecule has 2 aromatic rings. The number of nitrogens with zero attached hydrogens (tertiary/aromatic N) is 4. The Hall–Kier alpha value is -2.35. The lowest BCUT2D eigenvalue weighted by Gasteiger charge is -2.30. The molecule has 0 aliphatic carbocycles. The van der Waals surface area contributed by atoms with Crippen molar-refractivity contribution in [3.63, 3.8) is 0 Å². The minimum Gasteiger partial charge on any atom is -0.390 e. The molecule has 0 radical (unpaired) electrons.